The minimum absolute atomic E-state index is 0.120. The highest BCUT2D eigenvalue weighted by molar-refractivity contribution is 5.52. The van der Waals surface area contributed by atoms with E-state index in [1.165, 1.54) is 0 Å². The van der Waals surface area contributed by atoms with Crippen molar-refractivity contribution in [2.24, 2.45) is 11.7 Å². The molecular formula is C14H23NO3. The number of benzene rings is 1. The minimum Gasteiger partial charge on any atom is -0.496 e. The summed E-state index contributed by atoms with van der Waals surface area (Å²) < 4.78 is 16.0. The first-order valence-corrected chi connectivity index (χ1v) is 6.14. The molecule has 2 unspecified atom stereocenters. The Morgan fingerprint density at radius 1 is 1.06 bits per heavy atom. The quantitative estimate of drug-likeness (QED) is 0.847. The first-order valence-electron chi connectivity index (χ1n) is 6.14. The lowest BCUT2D eigenvalue weighted by atomic mass is 9.92. The summed E-state index contributed by atoms with van der Waals surface area (Å²) in [5.41, 5.74) is 7.19. The molecule has 1 aromatic rings. The molecule has 0 aliphatic rings. The fraction of sp³-hybridized carbons (Fsp3) is 0.571. The number of methoxy groups -OCH3 is 3. The zero-order valence-electron chi connectivity index (χ0n) is 11.8. The van der Waals surface area contributed by atoms with Gasteiger partial charge in [0.05, 0.1) is 26.9 Å². The molecule has 1 aromatic carbocycles. The molecule has 0 heterocycles. The van der Waals surface area contributed by atoms with Crippen LogP contribution >= 0.6 is 0 Å². The molecule has 0 radical (unpaired) electrons. The Labute approximate surface area is 109 Å². The molecule has 0 fully saturated rings. The monoisotopic (exact) mass is 253 g/mol. The molecule has 0 saturated heterocycles. The molecule has 0 aromatic heterocycles. The van der Waals surface area contributed by atoms with Crippen molar-refractivity contribution in [2.75, 3.05) is 21.3 Å². The largest absolute Gasteiger partial charge is 0.496 e. The first-order chi connectivity index (χ1) is 8.58. The third-order valence-electron chi connectivity index (χ3n) is 3.34. The fourth-order valence-corrected chi connectivity index (χ4v) is 1.90. The van der Waals surface area contributed by atoms with Gasteiger partial charge in [-0.1, -0.05) is 20.3 Å². The summed E-state index contributed by atoms with van der Waals surface area (Å²) >= 11 is 0. The van der Waals surface area contributed by atoms with Gasteiger partial charge in [0.1, 0.15) is 17.2 Å². The van der Waals surface area contributed by atoms with Crippen molar-refractivity contribution in [3.63, 3.8) is 0 Å². The molecule has 0 spiro atoms. The lowest BCUT2D eigenvalue weighted by Crippen LogP contribution is -2.20. The highest BCUT2D eigenvalue weighted by Crippen LogP contribution is 2.40. The summed E-state index contributed by atoms with van der Waals surface area (Å²) in [6.45, 7) is 4.24. The Balaban J connectivity index is 3.30. The van der Waals surface area contributed by atoms with Gasteiger partial charge in [-0.3, -0.25) is 0 Å². The number of hydrogen-bond acceptors (Lipinski definition) is 4. The maximum atomic E-state index is 6.29. The van der Waals surface area contributed by atoms with Gasteiger partial charge in [0.15, 0.2) is 0 Å². The molecule has 0 amide bonds. The van der Waals surface area contributed by atoms with E-state index in [2.05, 4.69) is 13.8 Å². The third-order valence-corrected chi connectivity index (χ3v) is 3.34. The average Bonchev–Trinajstić information content (AvgIpc) is 2.43. The van der Waals surface area contributed by atoms with E-state index in [4.69, 9.17) is 19.9 Å². The summed E-state index contributed by atoms with van der Waals surface area (Å²) in [6, 6.07) is 3.55. The molecule has 0 bridgehead atoms. The van der Waals surface area contributed by atoms with Crippen LogP contribution in [0.5, 0.6) is 17.2 Å². The van der Waals surface area contributed by atoms with Crippen molar-refractivity contribution < 1.29 is 14.2 Å². The van der Waals surface area contributed by atoms with Gasteiger partial charge < -0.3 is 19.9 Å². The highest BCUT2D eigenvalue weighted by atomic mass is 16.5. The zero-order chi connectivity index (χ0) is 13.7. The summed E-state index contributed by atoms with van der Waals surface area (Å²) in [7, 11) is 4.87. The minimum atomic E-state index is -0.120. The Bertz CT molecular complexity index is 368. The van der Waals surface area contributed by atoms with E-state index in [1.807, 2.05) is 12.1 Å². The van der Waals surface area contributed by atoms with Crippen LogP contribution in [-0.4, -0.2) is 21.3 Å². The molecule has 1 rings (SSSR count). The normalized spacial score (nSPS) is 13.9. The van der Waals surface area contributed by atoms with Gasteiger partial charge >= 0.3 is 0 Å². The first kappa shape index (κ1) is 14.6. The fourth-order valence-electron chi connectivity index (χ4n) is 1.90. The van der Waals surface area contributed by atoms with Crippen molar-refractivity contribution >= 4 is 0 Å². The second-order valence-corrected chi connectivity index (χ2v) is 4.36. The summed E-state index contributed by atoms with van der Waals surface area (Å²) in [5.74, 6) is 2.46. The van der Waals surface area contributed by atoms with Crippen LogP contribution in [0.2, 0.25) is 0 Å². The van der Waals surface area contributed by atoms with Crippen molar-refractivity contribution in [2.45, 2.75) is 26.3 Å². The van der Waals surface area contributed by atoms with Crippen LogP contribution in [-0.2, 0) is 0 Å². The summed E-state index contributed by atoms with van der Waals surface area (Å²) in [6.07, 6.45) is 1.000. The standard InChI is InChI=1S/C14H23NO3/c1-6-9(2)14(15)13-11(17-4)7-10(16-3)8-12(13)18-5/h7-9,14H,6,15H2,1-5H3. The van der Waals surface area contributed by atoms with Crippen LogP contribution in [0.15, 0.2) is 12.1 Å². The van der Waals surface area contributed by atoms with Crippen LogP contribution in [0.4, 0.5) is 0 Å². The van der Waals surface area contributed by atoms with Gasteiger partial charge in [0, 0.05) is 18.2 Å². The smallest absolute Gasteiger partial charge is 0.131 e. The zero-order valence-corrected chi connectivity index (χ0v) is 11.8. The van der Waals surface area contributed by atoms with Crippen molar-refractivity contribution in [1.29, 1.82) is 0 Å². The van der Waals surface area contributed by atoms with Crippen LogP contribution in [0.3, 0.4) is 0 Å². The number of nitrogens with two attached hydrogens (primary N) is 1. The van der Waals surface area contributed by atoms with Crippen molar-refractivity contribution in [3.05, 3.63) is 17.7 Å². The van der Waals surface area contributed by atoms with Crippen LogP contribution < -0.4 is 19.9 Å². The molecule has 4 nitrogen and oxygen atoms in total. The second kappa shape index (κ2) is 6.50. The molecule has 0 aliphatic heterocycles. The molecular weight excluding hydrogens is 230 g/mol. The molecule has 2 N–H and O–H groups in total. The van der Waals surface area contributed by atoms with Crippen LogP contribution in [0.25, 0.3) is 0 Å². The Kier molecular flexibility index (Phi) is 5.28. The maximum absolute atomic E-state index is 6.29. The highest BCUT2D eigenvalue weighted by Gasteiger charge is 2.23. The molecule has 0 aliphatic carbocycles. The molecule has 2 atom stereocenters. The number of rotatable bonds is 6. The predicted octanol–water partition coefficient (Wildman–Crippen LogP) is 2.76. The van der Waals surface area contributed by atoms with E-state index in [0.717, 1.165) is 12.0 Å². The van der Waals surface area contributed by atoms with E-state index in [1.54, 1.807) is 21.3 Å². The molecule has 18 heavy (non-hydrogen) atoms. The summed E-state index contributed by atoms with van der Waals surface area (Å²) in [4.78, 5) is 0. The van der Waals surface area contributed by atoms with Gasteiger partial charge in [0.25, 0.3) is 0 Å². The van der Waals surface area contributed by atoms with E-state index in [0.29, 0.717) is 23.2 Å². The van der Waals surface area contributed by atoms with Gasteiger partial charge in [-0.05, 0) is 5.92 Å². The molecule has 102 valence electrons. The second-order valence-electron chi connectivity index (χ2n) is 4.36. The SMILES string of the molecule is CCC(C)C(N)c1c(OC)cc(OC)cc1OC. The Hall–Kier alpha value is -1.42. The van der Waals surface area contributed by atoms with E-state index in [9.17, 15) is 0 Å². The molecule has 0 saturated carbocycles. The summed E-state index contributed by atoms with van der Waals surface area (Å²) in [5, 5.41) is 0. The average molecular weight is 253 g/mol. The third kappa shape index (κ3) is 2.88. The molecule has 4 heteroatoms. The van der Waals surface area contributed by atoms with Gasteiger partial charge in [-0.25, -0.2) is 0 Å². The Morgan fingerprint density at radius 3 is 1.89 bits per heavy atom. The van der Waals surface area contributed by atoms with E-state index >= 15 is 0 Å². The van der Waals surface area contributed by atoms with Gasteiger partial charge in [0.2, 0.25) is 0 Å². The van der Waals surface area contributed by atoms with Gasteiger partial charge in [-0.15, -0.1) is 0 Å². The topological polar surface area (TPSA) is 53.7 Å². The predicted molar refractivity (Wildman–Crippen MR) is 72.5 cm³/mol. The van der Waals surface area contributed by atoms with Crippen LogP contribution in [0.1, 0.15) is 31.9 Å². The lowest BCUT2D eigenvalue weighted by Gasteiger charge is -2.23. The number of ether oxygens (including phenoxy) is 3. The van der Waals surface area contributed by atoms with E-state index in [-0.39, 0.29) is 6.04 Å². The number of hydrogen-bond donors (Lipinski definition) is 1. The Morgan fingerprint density at radius 2 is 1.56 bits per heavy atom. The van der Waals surface area contributed by atoms with Crippen molar-refractivity contribution in [3.8, 4) is 17.2 Å². The van der Waals surface area contributed by atoms with Gasteiger partial charge in [-0.2, -0.15) is 0 Å². The van der Waals surface area contributed by atoms with Crippen LogP contribution in [0, 0.1) is 5.92 Å². The van der Waals surface area contributed by atoms with E-state index < -0.39 is 0 Å². The lowest BCUT2D eigenvalue weighted by molar-refractivity contribution is 0.350. The maximum Gasteiger partial charge on any atom is 0.131 e. The van der Waals surface area contributed by atoms with Crippen molar-refractivity contribution in [1.82, 2.24) is 0 Å².